The van der Waals surface area contributed by atoms with Gasteiger partial charge >= 0.3 is 5.97 Å². The van der Waals surface area contributed by atoms with E-state index < -0.39 is 11.9 Å². The summed E-state index contributed by atoms with van der Waals surface area (Å²) in [6.45, 7) is 0. The molecule has 1 amide bonds. The molecule has 18 heavy (non-hydrogen) atoms. The largest absolute Gasteiger partial charge is 0.476 e. The maximum absolute atomic E-state index is 11.9. The number of aromatic carboxylic acids is 1. The van der Waals surface area contributed by atoms with Crippen LogP contribution in [0.2, 0.25) is 0 Å². The number of halogens is 1. The van der Waals surface area contributed by atoms with E-state index in [1.165, 1.54) is 23.7 Å². The molecule has 0 radical (unpaired) electrons. The van der Waals surface area contributed by atoms with Gasteiger partial charge in [0.25, 0.3) is 5.91 Å². The third kappa shape index (κ3) is 2.54. The van der Waals surface area contributed by atoms with Crippen LogP contribution in [0.4, 0.5) is 5.82 Å². The Bertz CT molecular complexity index is 614. The van der Waals surface area contributed by atoms with Crippen LogP contribution in [0.1, 0.15) is 20.2 Å². The Morgan fingerprint density at radius 3 is 2.67 bits per heavy atom. The molecule has 2 aromatic heterocycles. The topological polar surface area (TPSA) is 92.2 Å². The van der Waals surface area contributed by atoms with Gasteiger partial charge in [-0.3, -0.25) is 4.79 Å². The molecule has 0 aromatic carbocycles. The van der Waals surface area contributed by atoms with Crippen molar-refractivity contribution in [2.75, 3.05) is 5.32 Å². The van der Waals surface area contributed by atoms with Crippen molar-refractivity contribution in [1.82, 2.24) is 9.97 Å². The van der Waals surface area contributed by atoms with Crippen LogP contribution in [0.15, 0.2) is 28.3 Å². The number of carboxylic acid groups (broad SMARTS) is 1. The van der Waals surface area contributed by atoms with E-state index in [1.807, 2.05) is 0 Å². The fourth-order valence-electron chi connectivity index (χ4n) is 1.21. The van der Waals surface area contributed by atoms with E-state index in [0.29, 0.717) is 9.35 Å². The van der Waals surface area contributed by atoms with E-state index in [4.69, 9.17) is 5.11 Å². The molecule has 0 bridgehead atoms. The number of carbonyl (C=O) groups excluding carboxylic acids is 1. The molecule has 0 saturated heterocycles. The smallest absolute Gasteiger partial charge is 0.358 e. The molecule has 2 aromatic rings. The van der Waals surface area contributed by atoms with E-state index in [-0.39, 0.29) is 11.5 Å². The van der Waals surface area contributed by atoms with Crippen LogP contribution in [0.5, 0.6) is 0 Å². The van der Waals surface area contributed by atoms with Gasteiger partial charge in [-0.05, 0) is 27.4 Å². The highest BCUT2D eigenvalue weighted by Crippen LogP contribution is 2.23. The summed E-state index contributed by atoms with van der Waals surface area (Å²) in [5.41, 5.74) is -0.293. The molecule has 92 valence electrons. The molecule has 0 aliphatic carbocycles. The first-order valence-corrected chi connectivity index (χ1v) is 6.35. The lowest BCUT2D eigenvalue weighted by molar-refractivity contribution is 0.0691. The van der Waals surface area contributed by atoms with Gasteiger partial charge in [-0.2, -0.15) is 0 Å². The molecule has 2 heterocycles. The molecule has 2 N–H and O–H groups in total. The van der Waals surface area contributed by atoms with Gasteiger partial charge in [0.15, 0.2) is 11.5 Å². The Morgan fingerprint density at radius 2 is 2.06 bits per heavy atom. The summed E-state index contributed by atoms with van der Waals surface area (Å²) in [4.78, 5) is 30.7. The van der Waals surface area contributed by atoms with Gasteiger partial charge in [0.1, 0.15) is 4.88 Å². The number of carbonyl (C=O) groups is 2. The van der Waals surface area contributed by atoms with Crippen molar-refractivity contribution in [3.63, 3.8) is 0 Å². The van der Waals surface area contributed by atoms with Crippen molar-refractivity contribution in [3.8, 4) is 0 Å². The molecule has 0 aliphatic rings. The minimum absolute atomic E-state index is 0.0738. The highest BCUT2D eigenvalue weighted by molar-refractivity contribution is 9.10. The molecule has 0 spiro atoms. The minimum Gasteiger partial charge on any atom is -0.476 e. The van der Waals surface area contributed by atoms with Crippen molar-refractivity contribution in [3.05, 3.63) is 38.9 Å². The Labute approximate surface area is 114 Å². The third-order valence-corrected chi connectivity index (χ3v) is 3.79. The molecular weight excluding hydrogens is 322 g/mol. The average molecular weight is 328 g/mol. The second-order valence-corrected chi connectivity index (χ2v) is 4.88. The van der Waals surface area contributed by atoms with Crippen molar-refractivity contribution in [2.24, 2.45) is 0 Å². The van der Waals surface area contributed by atoms with Crippen molar-refractivity contribution < 1.29 is 14.7 Å². The molecule has 2 rings (SSSR count). The number of rotatable bonds is 3. The number of hydrogen-bond donors (Lipinski definition) is 2. The summed E-state index contributed by atoms with van der Waals surface area (Å²) >= 11 is 4.46. The molecule has 0 unspecified atom stereocenters. The normalized spacial score (nSPS) is 10.1. The number of anilines is 1. The summed E-state index contributed by atoms with van der Waals surface area (Å²) in [5.74, 6) is -1.75. The SMILES string of the molecule is O=C(O)c1nccnc1NC(=O)c1sccc1Br. The van der Waals surface area contributed by atoms with Crippen LogP contribution in [-0.4, -0.2) is 27.0 Å². The zero-order valence-electron chi connectivity index (χ0n) is 8.75. The summed E-state index contributed by atoms with van der Waals surface area (Å²) in [6.07, 6.45) is 2.56. The van der Waals surface area contributed by atoms with Crippen molar-refractivity contribution in [2.45, 2.75) is 0 Å². The van der Waals surface area contributed by atoms with E-state index >= 15 is 0 Å². The lowest BCUT2D eigenvalue weighted by Crippen LogP contribution is -2.16. The third-order valence-electron chi connectivity index (χ3n) is 1.96. The number of amides is 1. The highest BCUT2D eigenvalue weighted by Gasteiger charge is 2.17. The Hall–Kier alpha value is -1.80. The predicted octanol–water partition coefficient (Wildman–Crippen LogP) is 2.25. The second kappa shape index (κ2) is 5.23. The standard InChI is InChI=1S/C10H6BrN3O3S/c11-5-1-4-18-7(5)9(15)14-8-6(10(16)17)12-2-3-13-8/h1-4H,(H,16,17)(H,13,14,15). The highest BCUT2D eigenvalue weighted by atomic mass is 79.9. The molecule has 8 heteroatoms. The quantitative estimate of drug-likeness (QED) is 0.901. The van der Waals surface area contributed by atoms with E-state index in [0.717, 1.165) is 0 Å². The molecular formula is C10H6BrN3O3S. The Morgan fingerprint density at radius 1 is 1.33 bits per heavy atom. The van der Waals surface area contributed by atoms with Crippen molar-refractivity contribution in [1.29, 1.82) is 0 Å². The number of carboxylic acids is 1. The van der Waals surface area contributed by atoms with Gasteiger partial charge in [0, 0.05) is 16.9 Å². The predicted molar refractivity (Wildman–Crippen MR) is 69.0 cm³/mol. The van der Waals surface area contributed by atoms with Gasteiger partial charge in [-0.25, -0.2) is 14.8 Å². The maximum atomic E-state index is 11.9. The first-order valence-electron chi connectivity index (χ1n) is 4.68. The first kappa shape index (κ1) is 12.7. The number of hydrogen-bond acceptors (Lipinski definition) is 5. The van der Waals surface area contributed by atoms with Crippen LogP contribution < -0.4 is 5.32 Å². The molecule has 0 atom stereocenters. The number of nitrogens with zero attached hydrogens (tertiary/aromatic N) is 2. The number of nitrogens with one attached hydrogen (secondary N) is 1. The van der Waals surface area contributed by atoms with Gasteiger partial charge in [0.2, 0.25) is 0 Å². The summed E-state index contributed by atoms with van der Waals surface area (Å²) < 4.78 is 0.644. The van der Waals surface area contributed by atoms with Gasteiger partial charge < -0.3 is 10.4 Å². The van der Waals surface area contributed by atoms with Crippen LogP contribution >= 0.6 is 27.3 Å². The fraction of sp³-hybridized carbons (Fsp3) is 0. The molecule has 0 saturated carbocycles. The van der Waals surface area contributed by atoms with Gasteiger partial charge in [0.05, 0.1) is 0 Å². The van der Waals surface area contributed by atoms with E-state index in [1.54, 1.807) is 11.4 Å². The average Bonchev–Trinajstić information content (AvgIpc) is 2.76. The maximum Gasteiger partial charge on any atom is 0.358 e. The lowest BCUT2D eigenvalue weighted by Gasteiger charge is -2.05. The summed E-state index contributed by atoms with van der Waals surface area (Å²) in [6, 6.07) is 1.73. The van der Waals surface area contributed by atoms with Gasteiger partial charge in [-0.15, -0.1) is 11.3 Å². The van der Waals surface area contributed by atoms with Gasteiger partial charge in [-0.1, -0.05) is 0 Å². The molecule has 0 fully saturated rings. The summed E-state index contributed by atoms with van der Waals surface area (Å²) in [7, 11) is 0. The lowest BCUT2D eigenvalue weighted by atomic mass is 10.4. The zero-order chi connectivity index (χ0) is 13.1. The minimum atomic E-state index is -1.25. The zero-order valence-corrected chi connectivity index (χ0v) is 11.2. The molecule has 0 aliphatic heterocycles. The van der Waals surface area contributed by atoms with Crippen LogP contribution in [0.25, 0.3) is 0 Å². The van der Waals surface area contributed by atoms with Crippen LogP contribution in [0, 0.1) is 0 Å². The van der Waals surface area contributed by atoms with E-state index in [2.05, 4.69) is 31.2 Å². The van der Waals surface area contributed by atoms with Crippen molar-refractivity contribution >= 4 is 45.0 Å². The molecule has 6 nitrogen and oxygen atoms in total. The number of aromatic nitrogens is 2. The Balaban J connectivity index is 2.28. The van der Waals surface area contributed by atoms with E-state index in [9.17, 15) is 9.59 Å². The monoisotopic (exact) mass is 327 g/mol. The van der Waals surface area contributed by atoms with Crippen LogP contribution in [0.3, 0.4) is 0 Å². The second-order valence-electron chi connectivity index (χ2n) is 3.11. The fourth-order valence-corrected chi connectivity index (χ4v) is 2.65. The van der Waals surface area contributed by atoms with Crippen LogP contribution in [-0.2, 0) is 0 Å². The number of thiophene rings is 1. The summed E-state index contributed by atoms with van der Waals surface area (Å²) in [5, 5.41) is 13.1. The first-order chi connectivity index (χ1) is 8.59. The Kier molecular flexibility index (Phi) is 3.68.